The monoisotopic (exact) mass is 353 g/mol. The molecule has 136 valence electrons. The SMILES string of the molecule is CN(Cc1cc(-c2ccccc2)no1)C(=O)[C@@H]1CCC(=O)N(C2CC2)C1. The molecular formula is C20H23N3O3. The van der Waals surface area contributed by atoms with E-state index in [0.29, 0.717) is 37.7 Å². The second-order valence-electron chi connectivity index (χ2n) is 7.25. The highest BCUT2D eigenvalue weighted by Gasteiger charge is 2.39. The number of hydrogen-bond donors (Lipinski definition) is 0. The summed E-state index contributed by atoms with van der Waals surface area (Å²) >= 11 is 0. The van der Waals surface area contributed by atoms with Crippen molar-refractivity contribution < 1.29 is 14.1 Å². The summed E-state index contributed by atoms with van der Waals surface area (Å²) in [7, 11) is 1.78. The van der Waals surface area contributed by atoms with Crippen molar-refractivity contribution in [2.75, 3.05) is 13.6 Å². The van der Waals surface area contributed by atoms with Crippen molar-refractivity contribution in [1.29, 1.82) is 0 Å². The Morgan fingerprint density at radius 1 is 1.27 bits per heavy atom. The number of amides is 2. The van der Waals surface area contributed by atoms with Gasteiger partial charge in [0, 0.05) is 37.7 Å². The predicted octanol–water partition coefficient (Wildman–Crippen LogP) is 2.70. The maximum atomic E-state index is 12.8. The number of hydrogen-bond acceptors (Lipinski definition) is 4. The van der Waals surface area contributed by atoms with Gasteiger partial charge in [-0.3, -0.25) is 9.59 Å². The molecule has 6 nitrogen and oxygen atoms in total. The molecule has 0 bridgehead atoms. The van der Waals surface area contributed by atoms with E-state index in [1.165, 1.54) is 0 Å². The third-order valence-corrected chi connectivity index (χ3v) is 5.18. The first-order valence-electron chi connectivity index (χ1n) is 9.17. The summed E-state index contributed by atoms with van der Waals surface area (Å²) in [6.45, 7) is 0.935. The van der Waals surface area contributed by atoms with Crippen LogP contribution in [0.25, 0.3) is 11.3 Å². The summed E-state index contributed by atoms with van der Waals surface area (Å²) in [4.78, 5) is 28.4. The van der Waals surface area contributed by atoms with Gasteiger partial charge in [0.15, 0.2) is 5.76 Å². The summed E-state index contributed by atoms with van der Waals surface area (Å²) in [6, 6.07) is 12.1. The predicted molar refractivity (Wildman–Crippen MR) is 95.9 cm³/mol. The molecule has 1 aliphatic heterocycles. The number of piperidine rings is 1. The van der Waals surface area contributed by atoms with E-state index in [-0.39, 0.29) is 17.7 Å². The normalized spacial score (nSPS) is 20.3. The highest BCUT2D eigenvalue weighted by molar-refractivity contribution is 5.84. The van der Waals surface area contributed by atoms with Gasteiger partial charge in [-0.2, -0.15) is 0 Å². The molecular weight excluding hydrogens is 330 g/mol. The number of likely N-dealkylation sites (tertiary alicyclic amines) is 1. The number of carbonyl (C=O) groups is 2. The summed E-state index contributed by atoms with van der Waals surface area (Å²) < 4.78 is 5.41. The van der Waals surface area contributed by atoms with Crippen LogP contribution in [0.1, 0.15) is 31.4 Å². The van der Waals surface area contributed by atoms with Crippen molar-refractivity contribution in [2.45, 2.75) is 38.3 Å². The molecule has 26 heavy (non-hydrogen) atoms. The molecule has 1 saturated carbocycles. The maximum Gasteiger partial charge on any atom is 0.227 e. The van der Waals surface area contributed by atoms with Crippen LogP contribution in [0.15, 0.2) is 40.9 Å². The average molecular weight is 353 g/mol. The first-order chi connectivity index (χ1) is 12.6. The van der Waals surface area contributed by atoms with Crippen molar-refractivity contribution in [1.82, 2.24) is 15.0 Å². The minimum Gasteiger partial charge on any atom is -0.359 e. The van der Waals surface area contributed by atoms with Crippen LogP contribution in [0.3, 0.4) is 0 Å². The van der Waals surface area contributed by atoms with Crippen LogP contribution in [0, 0.1) is 5.92 Å². The number of nitrogens with zero attached hydrogens (tertiary/aromatic N) is 3. The van der Waals surface area contributed by atoms with Gasteiger partial charge in [0.05, 0.1) is 12.5 Å². The summed E-state index contributed by atoms with van der Waals surface area (Å²) in [5.74, 6) is 0.809. The van der Waals surface area contributed by atoms with Gasteiger partial charge in [-0.1, -0.05) is 35.5 Å². The third kappa shape index (κ3) is 3.49. The van der Waals surface area contributed by atoms with E-state index in [9.17, 15) is 9.59 Å². The van der Waals surface area contributed by atoms with Crippen LogP contribution in [-0.4, -0.2) is 46.4 Å². The maximum absolute atomic E-state index is 12.8. The molecule has 1 aromatic heterocycles. The first-order valence-corrected chi connectivity index (χ1v) is 9.17. The first kappa shape index (κ1) is 16.8. The zero-order valence-corrected chi connectivity index (χ0v) is 14.9. The standard InChI is InChI=1S/C20H23N3O3/c1-22(13-17-11-18(21-26-17)14-5-3-2-4-6-14)20(25)15-7-10-19(24)23(12-15)16-8-9-16/h2-6,11,15-16H,7-10,12-13H2,1H3/t15-/m1/s1. The average Bonchev–Trinajstić information content (AvgIpc) is 3.41. The molecule has 2 aromatic rings. The molecule has 2 heterocycles. The lowest BCUT2D eigenvalue weighted by atomic mass is 9.96. The molecule has 1 atom stereocenters. The van der Waals surface area contributed by atoms with E-state index < -0.39 is 0 Å². The van der Waals surface area contributed by atoms with E-state index in [2.05, 4.69) is 5.16 Å². The Bertz CT molecular complexity index is 798. The van der Waals surface area contributed by atoms with Crippen molar-refractivity contribution in [3.63, 3.8) is 0 Å². The molecule has 1 aliphatic carbocycles. The highest BCUT2D eigenvalue weighted by Crippen LogP contribution is 2.32. The number of carbonyl (C=O) groups excluding carboxylic acids is 2. The van der Waals surface area contributed by atoms with E-state index in [0.717, 1.165) is 24.1 Å². The van der Waals surface area contributed by atoms with Crippen LogP contribution in [0.2, 0.25) is 0 Å². The highest BCUT2D eigenvalue weighted by atomic mass is 16.5. The van der Waals surface area contributed by atoms with E-state index >= 15 is 0 Å². The van der Waals surface area contributed by atoms with Crippen molar-refractivity contribution in [3.8, 4) is 11.3 Å². The number of rotatable bonds is 5. The zero-order valence-electron chi connectivity index (χ0n) is 14.9. The van der Waals surface area contributed by atoms with Crippen molar-refractivity contribution >= 4 is 11.8 Å². The molecule has 1 saturated heterocycles. The lowest BCUT2D eigenvalue weighted by molar-refractivity contribution is -0.143. The van der Waals surface area contributed by atoms with Crippen LogP contribution in [-0.2, 0) is 16.1 Å². The molecule has 2 aliphatic rings. The van der Waals surface area contributed by atoms with Gasteiger partial charge in [-0.05, 0) is 19.3 Å². The molecule has 0 spiro atoms. The van der Waals surface area contributed by atoms with Gasteiger partial charge in [-0.15, -0.1) is 0 Å². The van der Waals surface area contributed by atoms with Crippen LogP contribution < -0.4 is 0 Å². The van der Waals surface area contributed by atoms with Gasteiger partial charge in [0.25, 0.3) is 0 Å². The second-order valence-corrected chi connectivity index (χ2v) is 7.25. The molecule has 1 aromatic carbocycles. The van der Waals surface area contributed by atoms with Crippen molar-refractivity contribution in [3.05, 3.63) is 42.2 Å². The van der Waals surface area contributed by atoms with Gasteiger partial charge in [0.2, 0.25) is 11.8 Å². The van der Waals surface area contributed by atoms with Gasteiger partial charge in [0.1, 0.15) is 5.69 Å². The van der Waals surface area contributed by atoms with E-state index in [1.807, 2.05) is 41.3 Å². The van der Waals surface area contributed by atoms with Crippen LogP contribution in [0.4, 0.5) is 0 Å². The number of aromatic nitrogens is 1. The largest absolute Gasteiger partial charge is 0.359 e. The summed E-state index contributed by atoms with van der Waals surface area (Å²) in [5.41, 5.74) is 1.76. The Morgan fingerprint density at radius 3 is 2.77 bits per heavy atom. The Kier molecular flexibility index (Phi) is 4.49. The Balaban J connectivity index is 1.38. The smallest absolute Gasteiger partial charge is 0.227 e. The quantitative estimate of drug-likeness (QED) is 0.829. The molecule has 6 heteroatoms. The fraction of sp³-hybridized carbons (Fsp3) is 0.450. The fourth-order valence-corrected chi connectivity index (χ4v) is 3.57. The van der Waals surface area contributed by atoms with Crippen LogP contribution >= 0.6 is 0 Å². The zero-order chi connectivity index (χ0) is 18.1. The molecule has 0 radical (unpaired) electrons. The minimum atomic E-state index is -0.116. The minimum absolute atomic E-state index is 0.0702. The van der Waals surface area contributed by atoms with Gasteiger partial charge >= 0.3 is 0 Å². The molecule has 0 unspecified atom stereocenters. The molecule has 2 fully saturated rings. The molecule has 4 rings (SSSR count). The lowest BCUT2D eigenvalue weighted by Crippen LogP contribution is -2.46. The Hall–Kier alpha value is -2.63. The van der Waals surface area contributed by atoms with Gasteiger partial charge < -0.3 is 14.3 Å². The van der Waals surface area contributed by atoms with Gasteiger partial charge in [-0.25, -0.2) is 0 Å². The number of benzene rings is 1. The third-order valence-electron chi connectivity index (χ3n) is 5.18. The Morgan fingerprint density at radius 2 is 2.04 bits per heavy atom. The summed E-state index contributed by atoms with van der Waals surface area (Å²) in [5, 5.41) is 4.10. The topological polar surface area (TPSA) is 66.7 Å². The fourth-order valence-electron chi connectivity index (χ4n) is 3.57. The van der Waals surface area contributed by atoms with E-state index in [1.54, 1.807) is 11.9 Å². The molecule has 0 N–H and O–H groups in total. The Labute approximate surface area is 152 Å². The molecule has 2 amide bonds. The summed E-state index contributed by atoms with van der Waals surface area (Å²) in [6.07, 6.45) is 3.25. The lowest BCUT2D eigenvalue weighted by Gasteiger charge is -2.33. The second kappa shape index (κ2) is 6.94. The van der Waals surface area contributed by atoms with Crippen molar-refractivity contribution in [2.24, 2.45) is 5.92 Å². The van der Waals surface area contributed by atoms with Crippen LogP contribution in [0.5, 0.6) is 0 Å². The van der Waals surface area contributed by atoms with E-state index in [4.69, 9.17) is 4.52 Å².